The van der Waals surface area contributed by atoms with Crippen molar-refractivity contribution in [3.63, 3.8) is 0 Å². The van der Waals surface area contributed by atoms with Gasteiger partial charge in [-0.25, -0.2) is 4.79 Å². The van der Waals surface area contributed by atoms with E-state index in [-0.39, 0.29) is 17.5 Å². The van der Waals surface area contributed by atoms with Gasteiger partial charge in [-0.3, -0.25) is 18.9 Å². The monoisotopic (exact) mass is 400 g/mol. The van der Waals surface area contributed by atoms with Crippen molar-refractivity contribution in [1.29, 1.82) is 0 Å². The lowest BCUT2D eigenvalue weighted by atomic mass is 10.0. The normalized spacial score (nSPS) is 13.1. The summed E-state index contributed by atoms with van der Waals surface area (Å²) < 4.78 is 2.07. The lowest BCUT2D eigenvalue weighted by molar-refractivity contribution is 0.294. The van der Waals surface area contributed by atoms with Gasteiger partial charge in [-0.1, -0.05) is 44.2 Å². The van der Waals surface area contributed by atoms with E-state index >= 15 is 0 Å². The Morgan fingerprint density at radius 2 is 1.72 bits per heavy atom. The van der Waals surface area contributed by atoms with E-state index < -0.39 is 11.2 Å². The van der Waals surface area contributed by atoms with Gasteiger partial charge in [0.2, 0.25) is 5.88 Å². The summed E-state index contributed by atoms with van der Waals surface area (Å²) in [5.41, 5.74) is 0.0691. The van der Waals surface area contributed by atoms with Gasteiger partial charge in [0.25, 0.3) is 5.56 Å². The number of rotatable bonds is 9. The molecule has 1 N–H and O–H groups in total. The van der Waals surface area contributed by atoms with E-state index in [9.17, 15) is 14.7 Å². The van der Waals surface area contributed by atoms with Crippen molar-refractivity contribution in [3.8, 4) is 5.88 Å². The van der Waals surface area contributed by atoms with Gasteiger partial charge in [0.15, 0.2) is 0 Å². The summed E-state index contributed by atoms with van der Waals surface area (Å²) in [6.45, 7) is 9.35. The van der Waals surface area contributed by atoms with E-state index in [1.807, 2.05) is 37.3 Å². The standard InChI is InChI=1S/C22H32N4O3/c1-6-26(7-2)15-11-12-16(3)23-19(17-13-9-8-10-14-17)18-20(27)24(4)22(29)25(5)21(18)28/h8-10,13-14,16,27H,6-7,11-12,15H2,1-5H3/t16-/m0/s1. The molecule has 0 radical (unpaired) electrons. The Kier molecular flexibility index (Phi) is 7.96. The maximum absolute atomic E-state index is 12.8. The van der Waals surface area contributed by atoms with E-state index in [1.165, 1.54) is 14.1 Å². The van der Waals surface area contributed by atoms with Crippen molar-refractivity contribution in [1.82, 2.24) is 14.0 Å². The van der Waals surface area contributed by atoms with Crippen molar-refractivity contribution in [2.45, 2.75) is 39.7 Å². The number of aromatic hydroxyl groups is 1. The molecule has 1 atom stereocenters. The van der Waals surface area contributed by atoms with E-state index in [0.29, 0.717) is 5.71 Å². The van der Waals surface area contributed by atoms with Crippen molar-refractivity contribution in [2.75, 3.05) is 19.6 Å². The van der Waals surface area contributed by atoms with Crippen LogP contribution in [-0.2, 0) is 14.1 Å². The quantitative estimate of drug-likeness (QED) is 0.654. The zero-order valence-electron chi connectivity index (χ0n) is 18.1. The third kappa shape index (κ3) is 5.23. The molecule has 7 heteroatoms. The molecular weight excluding hydrogens is 368 g/mol. The molecule has 0 aliphatic heterocycles. The van der Waals surface area contributed by atoms with Crippen molar-refractivity contribution < 1.29 is 5.11 Å². The zero-order valence-corrected chi connectivity index (χ0v) is 18.1. The highest BCUT2D eigenvalue weighted by Gasteiger charge is 2.22. The molecule has 1 heterocycles. The summed E-state index contributed by atoms with van der Waals surface area (Å²) >= 11 is 0. The fraction of sp³-hybridized carbons (Fsp3) is 0.500. The van der Waals surface area contributed by atoms with Crippen LogP contribution in [0.15, 0.2) is 44.9 Å². The molecule has 29 heavy (non-hydrogen) atoms. The molecule has 0 aliphatic rings. The minimum absolute atomic E-state index is 0.0397. The molecule has 158 valence electrons. The molecule has 0 fully saturated rings. The average molecular weight is 401 g/mol. The van der Waals surface area contributed by atoms with Crippen LogP contribution < -0.4 is 11.2 Å². The van der Waals surface area contributed by atoms with Crippen LogP contribution in [0.5, 0.6) is 5.88 Å². The van der Waals surface area contributed by atoms with Crippen LogP contribution in [0.3, 0.4) is 0 Å². The largest absolute Gasteiger partial charge is 0.494 e. The first-order chi connectivity index (χ1) is 13.8. The summed E-state index contributed by atoms with van der Waals surface area (Å²) in [6.07, 6.45) is 1.85. The molecule has 2 aromatic rings. The molecule has 1 aromatic carbocycles. The topological polar surface area (TPSA) is 79.8 Å². The fourth-order valence-corrected chi connectivity index (χ4v) is 3.36. The number of hydrogen-bond acceptors (Lipinski definition) is 5. The molecule has 0 spiro atoms. The Labute approximate surface area is 171 Å². The number of hydrogen-bond donors (Lipinski definition) is 1. The van der Waals surface area contributed by atoms with Gasteiger partial charge in [0.1, 0.15) is 5.56 Å². The second kappa shape index (κ2) is 10.2. The van der Waals surface area contributed by atoms with Gasteiger partial charge < -0.3 is 10.0 Å². The van der Waals surface area contributed by atoms with Gasteiger partial charge in [-0.05, 0) is 39.4 Å². The van der Waals surface area contributed by atoms with Crippen molar-refractivity contribution in [2.24, 2.45) is 19.1 Å². The Balaban J connectivity index is 2.47. The molecule has 0 amide bonds. The second-order valence-corrected chi connectivity index (χ2v) is 7.27. The summed E-state index contributed by atoms with van der Waals surface area (Å²) in [5, 5.41) is 10.6. The third-order valence-electron chi connectivity index (χ3n) is 5.26. The summed E-state index contributed by atoms with van der Waals surface area (Å²) in [6, 6.07) is 9.27. The first kappa shape index (κ1) is 22.6. The Hall–Kier alpha value is -2.67. The maximum atomic E-state index is 12.8. The van der Waals surface area contributed by atoms with E-state index in [4.69, 9.17) is 4.99 Å². The highest BCUT2D eigenvalue weighted by Crippen LogP contribution is 2.18. The molecule has 1 aromatic heterocycles. The Morgan fingerprint density at radius 3 is 2.31 bits per heavy atom. The number of aliphatic imine (C=N–C) groups is 1. The maximum Gasteiger partial charge on any atom is 0.333 e. The van der Waals surface area contributed by atoms with Gasteiger partial charge in [-0.2, -0.15) is 0 Å². The SMILES string of the molecule is CCN(CC)CCC[C@H](C)N=C(c1ccccc1)c1c(O)n(C)c(=O)n(C)c1=O. The molecule has 2 rings (SSSR count). The number of benzene rings is 1. The Morgan fingerprint density at radius 1 is 1.10 bits per heavy atom. The molecule has 7 nitrogen and oxygen atoms in total. The summed E-state index contributed by atoms with van der Waals surface area (Å²) in [4.78, 5) is 32.1. The summed E-state index contributed by atoms with van der Waals surface area (Å²) in [7, 11) is 2.85. The summed E-state index contributed by atoms with van der Waals surface area (Å²) in [5.74, 6) is -0.365. The fourth-order valence-electron chi connectivity index (χ4n) is 3.36. The molecule has 0 saturated heterocycles. The lowest BCUT2D eigenvalue weighted by Crippen LogP contribution is -2.40. The van der Waals surface area contributed by atoms with Gasteiger partial charge in [-0.15, -0.1) is 0 Å². The smallest absolute Gasteiger partial charge is 0.333 e. The lowest BCUT2D eigenvalue weighted by Gasteiger charge is -2.19. The van der Waals surface area contributed by atoms with Crippen molar-refractivity contribution >= 4 is 5.71 Å². The minimum Gasteiger partial charge on any atom is -0.494 e. The third-order valence-corrected chi connectivity index (χ3v) is 5.26. The number of nitrogens with zero attached hydrogens (tertiary/aromatic N) is 4. The van der Waals surface area contributed by atoms with Gasteiger partial charge in [0, 0.05) is 25.7 Å². The molecule has 0 saturated carbocycles. The minimum atomic E-state index is -0.573. The van der Waals surface area contributed by atoms with Gasteiger partial charge >= 0.3 is 5.69 Å². The molecular formula is C22H32N4O3. The highest BCUT2D eigenvalue weighted by molar-refractivity contribution is 6.14. The van der Waals surface area contributed by atoms with Crippen LogP contribution in [0.1, 0.15) is 44.7 Å². The molecule has 0 unspecified atom stereocenters. The predicted octanol–water partition coefficient (Wildman–Crippen LogP) is 2.14. The second-order valence-electron chi connectivity index (χ2n) is 7.27. The van der Waals surface area contributed by atoms with Crippen LogP contribution in [-0.4, -0.2) is 50.5 Å². The van der Waals surface area contributed by atoms with Crippen LogP contribution in [0.4, 0.5) is 0 Å². The van der Waals surface area contributed by atoms with Crippen LogP contribution in [0.25, 0.3) is 0 Å². The van der Waals surface area contributed by atoms with E-state index in [2.05, 4.69) is 18.7 Å². The van der Waals surface area contributed by atoms with Crippen molar-refractivity contribution in [3.05, 3.63) is 62.3 Å². The Bertz CT molecular complexity index is 957. The zero-order chi connectivity index (χ0) is 21.6. The first-order valence-electron chi connectivity index (χ1n) is 10.2. The van der Waals surface area contributed by atoms with Crippen LogP contribution >= 0.6 is 0 Å². The van der Waals surface area contributed by atoms with Crippen LogP contribution in [0, 0.1) is 0 Å². The van der Waals surface area contributed by atoms with E-state index in [1.54, 1.807) is 0 Å². The van der Waals surface area contributed by atoms with E-state index in [0.717, 1.165) is 47.2 Å². The highest BCUT2D eigenvalue weighted by atomic mass is 16.3. The average Bonchev–Trinajstić information content (AvgIpc) is 2.74. The molecule has 0 aliphatic carbocycles. The molecule has 0 bridgehead atoms. The predicted molar refractivity (Wildman–Crippen MR) is 117 cm³/mol. The first-order valence-corrected chi connectivity index (χ1v) is 10.2. The number of aromatic nitrogens is 2. The van der Waals surface area contributed by atoms with Crippen LogP contribution in [0.2, 0.25) is 0 Å². The van der Waals surface area contributed by atoms with Gasteiger partial charge in [0.05, 0.1) is 5.71 Å².